The molecule has 0 spiro atoms. The van der Waals surface area contributed by atoms with Gasteiger partial charge in [0.05, 0.1) is 5.56 Å². The summed E-state index contributed by atoms with van der Waals surface area (Å²) in [5, 5.41) is 3.97. The number of hydrogen-bond donors (Lipinski definition) is 1. The second kappa shape index (κ2) is 7.64. The number of nitrogens with one attached hydrogen (secondary N) is 1. The number of amides is 2. The van der Waals surface area contributed by atoms with Gasteiger partial charge in [0.25, 0.3) is 5.91 Å². The number of aromatic nitrogens is 1. The van der Waals surface area contributed by atoms with Crippen LogP contribution in [0.2, 0.25) is 0 Å². The summed E-state index contributed by atoms with van der Waals surface area (Å²) in [5.74, 6) is 0.0927. The molecule has 28 heavy (non-hydrogen) atoms. The summed E-state index contributed by atoms with van der Waals surface area (Å²) < 4.78 is 1.98. The van der Waals surface area contributed by atoms with Crippen molar-refractivity contribution in [2.24, 2.45) is 0 Å². The van der Waals surface area contributed by atoms with E-state index in [1.165, 1.54) is 0 Å². The molecule has 1 N–H and O–H groups in total. The molecule has 1 aliphatic rings. The van der Waals surface area contributed by atoms with Gasteiger partial charge in [-0.1, -0.05) is 12.1 Å². The lowest BCUT2D eigenvalue weighted by molar-refractivity contribution is -0.128. The minimum Gasteiger partial charge on any atom is -0.338 e. The lowest BCUT2D eigenvalue weighted by Gasteiger charge is -2.16. The van der Waals surface area contributed by atoms with Crippen molar-refractivity contribution < 1.29 is 9.59 Å². The normalized spacial score (nSPS) is 13.9. The van der Waals surface area contributed by atoms with E-state index in [9.17, 15) is 9.59 Å². The van der Waals surface area contributed by atoms with Crippen molar-refractivity contribution in [3.63, 3.8) is 0 Å². The summed E-state index contributed by atoms with van der Waals surface area (Å²) in [6, 6.07) is 11.7. The third-order valence-corrected chi connectivity index (χ3v) is 6.38. The quantitative estimate of drug-likeness (QED) is 0.692. The molecule has 144 valence electrons. The maximum Gasteiger partial charge on any atom is 0.258 e. The first-order valence-electron chi connectivity index (χ1n) is 9.44. The Morgan fingerprint density at radius 1 is 1.18 bits per heavy atom. The van der Waals surface area contributed by atoms with Crippen LogP contribution in [0.4, 0.5) is 5.69 Å². The average molecular weight is 394 g/mol. The van der Waals surface area contributed by atoms with Crippen LogP contribution >= 0.6 is 11.3 Å². The first kappa shape index (κ1) is 18.5. The van der Waals surface area contributed by atoms with Crippen LogP contribution in [-0.2, 0) is 11.3 Å². The molecule has 0 bridgehead atoms. The highest BCUT2D eigenvalue weighted by molar-refractivity contribution is 7.15. The van der Waals surface area contributed by atoms with Gasteiger partial charge in [0.1, 0.15) is 5.00 Å². The van der Waals surface area contributed by atoms with Crippen LogP contribution in [0.5, 0.6) is 0 Å². The molecule has 2 aromatic heterocycles. The number of benzene rings is 1. The van der Waals surface area contributed by atoms with E-state index in [1.807, 2.05) is 72.1 Å². The van der Waals surface area contributed by atoms with Crippen LogP contribution in [0.15, 0.2) is 48.8 Å². The van der Waals surface area contributed by atoms with Gasteiger partial charge in [-0.05, 0) is 55.7 Å². The summed E-state index contributed by atoms with van der Waals surface area (Å²) in [7, 11) is 0. The topological polar surface area (TPSA) is 54.3 Å². The van der Waals surface area contributed by atoms with Crippen molar-refractivity contribution in [2.75, 3.05) is 11.9 Å². The molecule has 0 aliphatic carbocycles. The van der Waals surface area contributed by atoms with E-state index in [4.69, 9.17) is 0 Å². The smallest absolute Gasteiger partial charge is 0.258 e. The first-order valence-corrected chi connectivity index (χ1v) is 10.3. The van der Waals surface area contributed by atoms with E-state index in [1.54, 1.807) is 11.3 Å². The van der Waals surface area contributed by atoms with Gasteiger partial charge < -0.3 is 14.8 Å². The van der Waals surface area contributed by atoms with Crippen LogP contribution in [0.3, 0.4) is 0 Å². The zero-order valence-corrected chi connectivity index (χ0v) is 16.9. The molecule has 1 fully saturated rings. The first-order chi connectivity index (χ1) is 13.5. The maximum absolute atomic E-state index is 13.1. The van der Waals surface area contributed by atoms with E-state index in [0.717, 1.165) is 39.7 Å². The van der Waals surface area contributed by atoms with Crippen molar-refractivity contribution in [2.45, 2.75) is 33.2 Å². The molecule has 0 saturated carbocycles. The molecular formula is C22H23N3O2S. The fraction of sp³-hybridized carbons (Fsp3) is 0.273. The largest absolute Gasteiger partial charge is 0.338 e. The number of carbonyl (C=O) groups excluding carboxylic acids is 2. The van der Waals surface area contributed by atoms with Crippen molar-refractivity contribution in [1.82, 2.24) is 9.47 Å². The van der Waals surface area contributed by atoms with Crippen LogP contribution < -0.4 is 5.32 Å². The van der Waals surface area contributed by atoms with E-state index in [-0.39, 0.29) is 11.8 Å². The highest BCUT2D eigenvalue weighted by Crippen LogP contribution is 2.31. The zero-order valence-electron chi connectivity index (χ0n) is 16.1. The highest BCUT2D eigenvalue weighted by Gasteiger charge is 2.22. The molecule has 6 heteroatoms. The number of aryl methyl sites for hydroxylation is 1. The third-order valence-electron chi connectivity index (χ3n) is 5.16. The molecule has 1 aromatic carbocycles. The Balaban J connectivity index is 1.56. The molecule has 3 aromatic rings. The van der Waals surface area contributed by atoms with Crippen molar-refractivity contribution in [1.29, 1.82) is 0 Å². The van der Waals surface area contributed by atoms with Gasteiger partial charge in [0.15, 0.2) is 0 Å². The molecule has 5 nitrogen and oxygen atoms in total. The highest BCUT2D eigenvalue weighted by atomic mass is 32.1. The van der Waals surface area contributed by atoms with Crippen molar-refractivity contribution in [3.05, 3.63) is 70.4 Å². The Morgan fingerprint density at radius 3 is 2.68 bits per heavy atom. The monoisotopic (exact) mass is 393 g/mol. The van der Waals surface area contributed by atoms with Gasteiger partial charge in [-0.3, -0.25) is 9.59 Å². The number of anilines is 1. The second-order valence-electron chi connectivity index (χ2n) is 7.13. The number of hydrogen-bond acceptors (Lipinski definition) is 3. The Hall–Kier alpha value is -2.86. The fourth-order valence-corrected chi connectivity index (χ4v) is 4.68. The Bertz CT molecular complexity index is 1020. The standard InChI is InChI=1S/C22H23N3O2S/c1-15-16(2)28-22(24-10-3-4-11-24)20(15)21(27)23-18-8-5-7-17(13-18)14-25-12-6-9-19(25)26/h3-5,7-8,10-11,13H,6,9,12,14H2,1-2H3,(H,23,27). The van der Waals surface area contributed by atoms with E-state index < -0.39 is 0 Å². The fourth-order valence-electron chi connectivity index (χ4n) is 3.56. The van der Waals surface area contributed by atoms with Gasteiger partial charge in [-0.15, -0.1) is 11.3 Å². The zero-order chi connectivity index (χ0) is 19.7. The average Bonchev–Trinajstić information content (AvgIpc) is 3.39. The van der Waals surface area contributed by atoms with Gasteiger partial charge in [-0.2, -0.15) is 0 Å². The lowest BCUT2D eigenvalue weighted by atomic mass is 10.1. The predicted octanol–water partition coefficient (Wildman–Crippen LogP) is 4.53. The summed E-state index contributed by atoms with van der Waals surface area (Å²) in [4.78, 5) is 28.0. The number of nitrogens with zero attached hydrogens (tertiary/aromatic N) is 2. The summed E-state index contributed by atoms with van der Waals surface area (Å²) in [6.07, 6.45) is 5.47. The number of rotatable bonds is 5. The molecule has 4 rings (SSSR count). The third kappa shape index (κ3) is 3.60. The molecule has 2 amide bonds. The summed E-state index contributed by atoms with van der Waals surface area (Å²) in [5.41, 5.74) is 3.48. The summed E-state index contributed by atoms with van der Waals surface area (Å²) in [6.45, 7) is 5.43. The maximum atomic E-state index is 13.1. The molecule has 0 radical (unpaired) electrons. The van der Waals surface area contributed by atoms with Gasteiger partial charge in [0, 0.05) is 42.5 Å². The summed E-state index contributed by atoms with van der Waals surface area (Å²) >= 11 is 1.62. The predicted molar refractivity (Wildman–Crippen MR) is 112 cm³/mol. The minimum absolute atomic E-state index is 0.111. The number of carbonyl (C=O) groups is 2. The molecule has 0 unspecified atom stereocenters. The molecular weight excluding hydrogens is 370 g/mol. The second-order valence-corrected chi connectivity index (χ2v) is 8.33. The van der Waals surface area contributed by atoms with Gasteiger partial charge >= 0.3 is 0 Å². The minimum atomic E-state index is -0.111. The van der Waals surface area contributed by atoms with Crippen LogP contribution in [0.1, 0.15) is 39.2 Å². The van der Waals surface area contributed by atoms with E-state index in [0.29, 0.717) is 18.5 Å². The van der Waals surface area contributed by atoms with Crippen molar-refractivity contribution in [3.8, 4) is 5.00 Å². The Morgan fingerprint density at radius 2 is 1.96 bits per heavy atom. The van der Waals surface area contributed by atoms with E-state index in [2.05, 4.69) is 5.32 Å². The SMILES string of the molecule is Cc1sc(-n2cccc2)c(C(=O)Nc2cccc(CN3CCCC3=O)c2)c1C. The number of thiophene rings is 1. The van der Waals surface area contributed by atoms with Crippen LogP contribution in [-0.4, -0.2) is 27.8 Å². The van der Waals surface area contributed by atoms with Gasteiger partial charge in [0.2, 0.25) is 5.91 Å². The molecule has 1 saturated heterocycles. The molecule has 0 atom stereocenters. The lowest BCUT2D eigenvalue weighted by Crippen LogP contribution is -2.23. The van der Waals surface area contributed by atoms with Crippen LogP contribution in [0.25, 0.3) is 5.00 Å². The molecule has 3 heterocycles. The Kier molecular flexibility index (Phi) is 5.05. The van der Waals surface area contributed by atoms with E-state index >= 15 is 0 Å². The Labute approximate surface area is 168 Å². The molecule has 1 aliphatic heterocycles. The number of likely N-dealkylation sites (tertiary alicyclic amines) is 1. The van der Waals surface area contributed by atoms with Gasteiger partial charge in [-0.25, -0.2) is 0 Å². The van der Waals surface area contributed by atoms with Crippen molar-refractivity contribution >= 4 is 28.8 Å². The van der Waals surface area contributed by atoms with Crippen LogP contribution in [0, 0.1) is 13.8 Å².